The summed E-state index contributed by atoms with van der Waals surface area (Å²) in [7, 11) is 1.27. The average Bonchev–Trinajstić information content (AvgIpc) is 2.83. The lowest BCUT2D eigenvalue weighted by molar-refractivity contribution is -0.136. The molecule has 0 unspecified atom stereocenters. The second-order valence-corrected chi connectivity index (χ2v) is 6.64. The fraction of sp³-hybridized carbons (Fsp3) is 0.0800. The van der Waals surface area contributed by atoms with Gasteiger partial charge in [-0.2, -0.15) is 0 Å². The van der Waals surface area contributed by atoms with Crippen molar-refractivity contribution >= 4 is 23.9 Å². The summed E-state index contributed by atoms with van der Waals surface area (Å²) in [5.41, 5.74) is 4.37. The molecule has 0 heterocycles. The van der Waals surface area contributed by atoms with Gasteiger partial charge >= 0.3 is 5.97 Å². The first-order valence-corrected chi connectivity index (χ1v) is 9.65. The van der Waals surface area contributed by atoms with Crippen molar-refractivity contribution in [3.63, 3.8) is 0 Å². The van der Waals surface area contributed by atoms with E-state index in [1.165, 1.54) is 7.11 Å². The number of nitrogens with zero attached hydrogens (tertiary/aromatic N) is 1. The van der Waals surface area contributed by atoms with Gasteiger partial charge in [0.05, 0.1) is 19.2 Å². The molecule has 0 atom stereocenters. The lowest BCUT2D eigenvalue weighted by Crippen LogP contribution is -2.47. The van der Waals surface area contributed by atoms with Crippen molar-refractivity contribution < 1.29 is 19.1 Å². The van der Waals surface area contributed by atoms with Gasteiger partial charge in [-0.05, 0) is 35.9 Å². The third kappa shape index (κ3) is 5.90. The molecule has 0 aromatic heterocycles. The molecule has 3 aromatic rings. The van der Waals surface area contributed by atoms with E-state index in [0.717, 1.165) is 10.6 Å². The number of amides is 2. The van der Waals surface area contributed by atoms with Crippen LogP contribution in [0.3, 0.4) is 0 Å². The molecule has 0 bridgehead atoms. The van der Waals surface area contributed by atoms with E-state index < -0.39 is 17.8 Å². The first kappa shape index (κ1) is 21.5. The van der Waals surface area contributed by atoms with Gasteiger partial charge in [-0.15, -0.1) is 0 Å². The summed E-state index contributed by atoms with van der Waals surface area (Å²) in [6.45, 7) is -0.173. The quantitative estimate of drug-likeness (QED) is 0.379. The van der Waals surface area contributed by atoms with Gasteiger partial charge in [-0.3, -0.25) is 15.0 Å². The smallest absolute Gasteiger partial charge is 0.335 e. The Morgan fingerprint density at radius 1 is 0.806 bits per heavy atom. The van der Waals surface area contributed by atoms with Gasteiger partial charge in [-0.1, -0.05) is 66.7 Å². The van der Waals surface area contributed by atoms with Crippen LogP contribution in [0.1, 0.15) is 26.3 Å². The van der Waals surface area contributed by atoms with Crippen LogP contribution in [-0.4, -0.2) is 36.4 Å². The monoisotopic (exact) mass is 414 g/mol. The molecular weight excluding hydrogens is 392 g/mol. The van der Waals surface area contributed by atoms with Crippen LogP contribution in [0.4, 0.5) is 0 Å². The van der Waals surface area contributed by atoms with E-state index in [2.05, 4.69) is 5.43 Å². The summed E-state index contributed by atoms with van der Waals surface area (Å²) < 4.78 is 4.90. The SMILES string of the molecule is COC(=O)/C(=C/c1ccccc1)CN(NC(=O)c1ccccc1)C(=O)c1ccccc1. The van der Waals surface area contributed by atoms with E-state index in [1.807, 2.05) is 30.3 Å². The van der Waals surface area contributed by atoms with Crippen molar-refractivity contribution in [3.05, 3.63) is 113 Å². The van der Waals surface area contributed by atoms with E-state index in [1.54, 1.807) is 66.7 Å². The fourth-order valence-corrected chi connectivity index (χ4v) is 2.90. The molecule has 31 heavy (non-hydrogen) atoms. The zero-order chi connectivity index (χ0) is 22.1. The van der Waals surface area contributed by atoms with Gasteiger partial charge in [0.2, 0.25) is 0 Å². The number of rotatable bonds is 6. The normalized spacial score (nSPS) is 10.8. The van der Waals surface area contributed by atoms with Crippen molar-refractivity contribution in [2.24, 2.45) is 0 Å². The highest BCUT2D eigenvalue weighted by Gasteiger charge is 2.23. The Kier molecular flexibility index (Phi) is 7.32. The van der Waals surface area contributed by atoms with E-state index in [0.29, 0.717) is 11.1 Å². The van der Waals surface area contributed by atoms with Crippen molar-refractivity contribution in [1.29, 1.82) is 0 Å². The molecule has 0 saturated heterocycles. The summed E-state index contributed by atoms with van der Waals surface area (Å²) in [5.74, 6) is -1.51. The Morgan fingerprint density at radius 2 is 1.32 bits per heavy atom. The van der Waals surface area contributed by atoms with Crippen LogP contribution < -0.4 is 5.43 Å². The number of hydrogen-bond acceptors (Lipinski definition) is 4. The van der Waals surface area contributed by atoms with Crippen molar-refractivity contribution in [2.45, 2.75) is 0 Å². The molecule has 1 N–H and O–H groups in total. The predicted molar refractivity (Wildman–Crippen MR) is 118 cm³/mol. The van der Waals surface area contributed by atoms with Gasteiger partial charge in [0.1, 0.15) is 0 Å². The molecule has 0 fully saturated rings. The summed E-state index contributed by atoms with van der Waals surface area (Å²) in [6.07, 6.45) is 1.63. The van der Waals surface area contributed by atoms with Crippen LogP contribution in [0, 0.1) is 0 Å². The number of esters is 1. The number of carbonyl (C=O) groups excluding carboxylic acids is 3. The predicted octanol–water partition coefficient (Wildman–Crippen LogP) is 3.73. The summed E-state index contributed by atoms with van der Waals surface area (Å²) in [5, 5.41) is 1.12. The second kappa shape index (κ2) is 10.5. The Hall–Kier alpha value is -4.19. The summed E-state index contributed by atoms with van der Waals surface area (Å²) in [4.78, 5) is 38.3. The standard InChI is InChI=1S/C25H22N2O4/c1-31-25(30)22(17-19-11-5-2-6-12-19)18-27(24(29)21-15-9-4-10-16-21)26-23(28)20-13-7-3-8-14-20/h2-17H,18H2,1H3,(H,26,28)/b22-17+. The summed E-state index contributed by atoms with van der Waals surface area (Å²) in [6, 6.07) is 26.3. The maximum absolute atomic E-state index is 13.1. The molecule has 156 valence electrons. The topological polar surface area (TPSA) is 75.7 Å². The number of nitrogens with one attached hydrogen (secondary N) is 1. The van der Waals surface area contributed by atoms with E-state index >= 15 is 0 Å². The van der Waals surface area contributed by atoms with Crippen molar-refractivity contribution in [2.75, 3.05) is 13.7 Å². The number of hydrogen-bond donors (Lipinski definition) is 1. The molecule has 2 amide bonds. The Labute approximate surface area is 180 Å². The maximum Gasteiger partial charge on any atom is 0.335 e. The first-order valence-electron chi connectivity index (χ1n) is 9.65. The van der Waals surface area contributed by atoms with Gasteiger partial charge in [0.15, 0.2) is 0 Å². The molecule has 0 saturated carbocycles. The van der Waals surface area contributed by atoms with Gasteiger partial charge < -0.3 is 4.74 Å². The minimum Gasteiger partial charge on any atom is -0.466 e. The first-order chi connectivity index (χ1) is 15.1. The van der Waals surface area contributed by atoms with Crippen LogP contribution in [0.15, 0.2) is 96.6 Å². The number of benzene rings is 3. The van der Waals surface area contributed by atoms with Gasteiger partial charge in [-0.25, -0.2) is 9.80 Å². The van der Waals surface area contributed by atoms with Crippen LogP contribution >= 0.6 is 0 Å². The van der Waals surface area contributed by atoms with Crippen LogP contribution in [-0.2, 0) is 9.53 Å². The van der Waals surface area contributed by atoms with Crippen molar-refractivity contribution in [3.8, 4) is 0 Å². The number of carbonyl (C=O) groups is 3. The van der Waals surface area contributed by atoms with Crippen molar-refractivity contribution in [1.82, 2.24) is 10.4 Å². The third-order valence-corrected chi connectivity index (χ3v) is 4.45. The van der Waals surface area contributed by atoms with E-state index in [-0.39, 0.29) is 12.1 Å². The Bertz CT molecular complexity index is 1060. The van der Waals surface area contributed by atoms with Gasteiger partial charge in [0, 0.05) is 11.1 Å². The molecule has 0 radical (unpaired) electrons. The number of methoxy groups -OCH3 is 1. The zero-order valence-corrected chi connectivity index (χ0v) is 17.0. The molecule has 3 aromatic carbocycles. The van der Waals surface area contributed by atoms with Gasteiger partial charge in [0.25, 0.3) is 11.8 Å². The molecule has 0 aliphatic rings. The minimum atomic E-state index is -0.594. The van der Waals surface area contributed by atoms with E-state index in [4.69, 9.17) is 4.74 Å². The number of hydrazine groups is 1. The molecule has 3 rings (SSSR count). The highest BCUT2D eigenvalue weighted by Crippen LogP contribution is 2.12. The minimum absolute atomic E-state index is 0.173. The number of ether oxygens (including phenoxy) is 1. The largest absolute Gasteiger partial charge is 0.466 e. The molecule has 0 aliphatic carbocycles. The highest BCUT2D eigenvalue weighted by molar-refractivity contribution is 6.00. The van der Waals surface area contributed by atoms with Crippen LogP contribution in [0.2, 0.25) is 0 Å². The molecule has 0 spiro atoms. The fourth-order valence-electron chi connectivity index (χ4n) is 2.90. The second-order valence-electron chi connectivity index (χ2n) is 6.64. The molecule has 6 heteroatoms. The maximum atomic E-state index is 13.1. The average molecular weight is 414 g/mol. The zero-order valence-electron chi connectivity index (χ0n) is 17.0. The Morgan fingerprint density at radius 3 is 1.87 bits per heavy atom. The summed E-state index contributed by atoms with van der Waals surface area (Å²) >= 11 is 0. The highest BCUT2D eigenvalue weighted by atomic mass is 16.5. The lowest BCUT2D eigenvalue weighted by Gasteiger charge is -2.24. The third-order valence-electron chi connectivity index (χ3n) is 4.45. The molecule has 6 nitrogen and oxygen atoms in total. The van der Waals surface area contributed by atoms with Crippen LogP contribution in [0.25, 0.3) is 6.08 Å². The molecule has 0 aliphatic heterocycles. The Balaban J connectivity index is 1.93. The van der Waals surface area contributed by atoms with Crippen LogP contribution in [0.5, 0.6) is 0 Å². The van der Waals surface area contributed by atoms with E-state index in [9.17, 15) is 14.4 Å². The molecular formula is C25H22N2O4. The lowest BCUT2D eigenvalue weighted by atomic mass is 10.1.